The highest BCUT2D eigenvalue weighted by Crippen LogP contribution is 2.34. The summed E-state index contributed by atoms with van der Waals surface area (Å²) in [5.74, 6) is -0.892. The van der Waals surface area contributed by atoms with Crippen molar-refractivity contribution >= 4 is 34.8 Å². The van der Waals surface area contributed by atoms with Crippen LogP contribution in [0.3, 0.4) is 0 Å². The first kappa shape index (κ1) is 25.4. The van der Waals surface area contributed by atoms with Gasteiger partial charge in [0.15, 0.2) is 10.9 Å². The van der Waals surface area contributed by atoms with Crippen LogP contribution in [0.4, 0.5) is 4.39 Å². The number of thiazole rings is 1. The van der Waals surface area contributed by atoms with E-state index < -0.39 is 28.5 Å². The van der Waals surface area contributed by atoms with Crippen LogP contribution >= 0.6 is 22.9 Å². The van der Waals surface area contributed by atoms with E-state index in [1.165, 1.54) is 43.3 Å². The molecule has 0 saturated heterocycles. The summed E-state index contributed by atoms with van der Waals surface area (Å²) in [6, 6.07) is 6.66. The van der Waals surface area contributed by atoms with Crippen LogP contribution in [0, 0.1) is 5.82 Å². The van der Waals surface area contributed by atoms with Gasteiger partial charge in [-0.05, 0) is 55.7 Å². The van der Waals surface area contributed by atoms with E-state index in [1.54, 1.807) is 0 Å². The number of ether oxygens (including phenoxy) is 1. The lowest BCUT2D eigenvalue weighted by Crippen LogP contribution is -2.16. The van der Waals surface area contributed by atoms with Crippen molar-refractivity contribution in [3.05, 3.63) is 85.6 Å². The number of hydrogen-bond donors (Lipinski definition) is 2. The van der Waals surface area contributed by atoms with E-state index in [2.05, 4.69) is 4.98 Å². The number of carbonyl (C=O) groups excluding carboxylic acids is 1. The molecule has 10 heteroatoms. The summed E-state index contributed by atoms with van der Waals surface area (Å²) in [5.41, 5.74) is 4.15. The highest BCUT2D eigenvalue weighted by atomic mass is 35.5. The molecule has 3 N–H and O–H groups in total. The lowest BCUT2D eigenvalue weighted by molar-refractivity contribution is 0.102. The SMILES string of the molecule is C/C(=C\c1sc(Oc2ccc(F)cc2)nc1Cl)C(=O)c1c(O)cc(CCC/C=C/CN)oc1=O. The number of unbranched alkanes of at least 4 members (excludes halogenated alkanes) is 1. The molecule has 0 spiro atoms. The van der Waals surface area contributed by atoms with Crippen molar-refractivity contribution in [1.29, 1.82) is 0 Å². The maximum absolute atomic E-state index is 13.0. The van der Waals surface area contributed by atoms with E-state index in [4.69, 9.17) is 26.5 Å². The molecule has 1 aromatic carbocycles. The average Bonchev–Trinajstić information content (AvgIpc) is 3.13. The second-order valence-electron chi connectivity index (χ2n) is 7.21. The monoisotopic (exact) mass is 504 g/mol. The number of carbonyl (C=O) groups is 1. The number of aromatic nitrogens is 1. The first-order valence-electron chi connectivity index (χ1n) is 10.3. The summed E-state index contributed by atoms with van der Waals surface area (Å²) >= 11 is 7.22. The molecule has 0 fully saturated rings. The largest absolute Gasteiger partial charge is 0.507 e. The van der Waals surface area contributed by atoms with Crippen molar-refractivity contribution in [3.63, 3.8) is 0 Å². The van der Waals surface area contributed by atoms with Crippen LogP contribution in [0.1, 0.15) is 40.8 Å². The van der Waals surface area contributed by atoms with Crippen molar-refractivity contribution in [2.24, 2.45) is 5.73 Å². The van der Waals surface area contributed by atoms with Gasteiger partial charge >= 0.3 is 5.63 Å². The molecule has 178 valence electrons. The Kier molecular flexibility index (Phi) is 8.75. The molecular formula is C24H22ClFN2O5S. The number of Topliss-reactive ketones (excluding diaryl/α,β-unsaturated/α-hetero) is 1. The molecule has 0 aliphatic rings. The summed E-state index contributed by atoms with van der Waals surface area (Å²) in [5, 5.41) is 10.6. The first-order chi connectivity index (χ1) is 16.3. The Morgan fingerprint density at radius 1 is 1.32 bits per heavy atom. The van der Waals surface area contributed by atoms with Gasteiger partial charge in [0, 0.05) is 19.0 Å². The normalized spacial score (nSPS) is 11.8. The molecule has 2 aromatic heterocycles. The lowest BCUT2D eigenvalue weighted by atomic mass is 10.0. The Hall–Kier alpha value is -3.27. The fourth-order valence-corrected chi connectivity index (χ4v) is 4.08. The fraction of sp³-hybridized carbons (Fsp3) is 0.208. The highest BCUT2D eigenvalue weighted by molar-refractivity contribution is 7.14. The number of rotatable bonds is 10. The van der Waals surface area contributed by atoms with Gasteiger partial charge < -0.3 is 20.0 Å². The topological polar surface area (TPSA) is 116 Å². The number of aryl methyl sites for hydroxylation is 1. The van der Waals surface area contributed by atoms with Gasteiger partial charge in [-0.2, -0.15) is 4.98 Å². The average molecular weight is 505 g/mol. The predicted molar refractivity (Wildman–Crippen MR) is 129 cm³/mol. The van der Waals surface area contributed by atoms with Crippen molar-refractivity contribution in [3.8, 4) is 16.7 Å². The molecule has 0 saturated carbocycles. The minimum Gasteiger partial charge on any atom is -0.507 e. The van der Waals surface area contributed by atoms with Crippen molar-refractivity contribution in [2.75, 3.05) is 6.54 Å². The Balaban J connectivity index is 1.75. The third-order valence-electron chi connectivity index (χ3n) is 4.62. The molecule has 0 bridgehead atoms. The van der Waals surface area contributed by atoms with Crippen LogP contribution in [-0.4, -0.2) is 22.4 Å². The van der Waals surface area contributed by atoms with E-state index >= 15 is 0 Å². The summed E-state index contributed by atoms with van der Waals surface area (Å²) in [6.45, 7) is 1.93. The number of aromatic hydroxyl groups is 1. The molecule has 34 heavy (non-hydrogen) atoms. The minimum atomic E-state index is -0.916. The number of hydrogen-bond acceptors (Lipinski definition) is 8. The molecule has 0 aliphatic heterocycles. The Bertz CT molecular complexity index is 1280. The van der Waals surface area contributed by atoms with Crippen LogP contribution < -0.4 is 16.1 Å². The van der Waals surface area contributed by atoms with E-state index in [0.29, 0.717) is 30.0 Å². The van der Waals surface area contributed by atoms with Crippen LogP contribution in [0.2, 0.25) is 5.15 Å². The zero-order valence-electron chi connectivity index (χ0n) is 18.2. The molecule has 3 rings (SSSR count). The smallest absolute Gasteiger partial charge is 0.351 e. The quantitative estimate of drug-likeness (QED) is 0.162. The number of nitrogens with two attached hydrogens (primary N) is 1. The third kappa shape index (κ3) is 6.63. The molecular weight excluding hydrogens is 483 g/mol. The van der Waals surface area contributed by atoms with Crippen molar-refractivity contribution in [2.45, 2.75) is 26.2 Å². The highest BCUT2D eigenvalue weighted by Gasteiger charge is 2.21. The molecule has 0 atom stereocenters. The third-order valence-corrected chi connectivity index (χ3v) is 5.90. The van der Waals surface area contributed by atoms with Crippen molar-refractivity contribution in [1.82, 2.24) is 4.98 Å². The van der Waals surface area contributed by atoms with Gasteiger partial charge in [0.2, 0.25) is 0 Å². The van der Waals surface area contributed by atoms with Gasteiger partial charge in [0.05, 0.1) is 4.88 Å². The zero-order valence-corrected chi connectivity index (χ0v) is 19.8. The second kappa shape index (κ2) is 11.7. The molecule has 2 heterocycles. The molecule has 7 nitrogen and oxygen atoms in total. The molecule has 3 aromatic rings. The standard InChI is InChI=1S/C24H22ClFN2O5S/c1-14(12-19-22(25)28-24(34-19)33-16-9-7-15(26)8-10-16)21(30)20-18(29)13-17(32-23(20)31)6-4-2-3-5-11-27/h3,5,7-10,12-13,29H,2,4,6,11,27H2,1H3/b5-3+,14-12+. The van der Waals surface area contributed by atoms with E-state index in [-0.39, 0.29) is 21.7 Å². The van der Waals surface area contributed by atoms with Crippen molar-refractivity contribution < 1.29 is 23.4 Å². The number of nitrogens with zero attached hydrogens (tertiary/aromatic N) is 1. The number of allylic oxidation sites excluding steroid dienone is 2. The van der Waals surface area contributed by atoms with Gasteiger partial charge in [-0.3, -0.25) is 4.79 Å². The molecule has 0 aliphatic carbocycles. The molecule has 0 unspecified atom stereocenters. The summed E-state index contributed by atoms with van der Waals surface area (Å²) < 4.78 is 23.8. The summed E-state index contributed by atoms with van der Waals surface area (Å²) in [7, 11) is 0. The maximum Gasteiger partial charge on any atom is 0.351 e. The van der Waals surface area contributed by atoms with Crippen LogP contribution in [-0.2, 0) is 6.42 Å². The minimum absolute atomic E-state index is 0.0875. The van der Waals surface area contributed by atoms with Gasteiger partial charge in [-0.1, -0.05) is 35.1 Å². The van der Waals surface area contributed by atoms with Crippen LogP contribution in [0.25, 0.3) is 6.08 Å². The number of benzene rings is 1. The lowest BCUT2D eigenvalue weighted by Gasteiger charge is -2.05. The zero-order chi connectivity index (χ0) is 24.7. The predicted octanol–water partition coefficient (Wildman–Crippen LogP) is 5.51. The maximum atomic E-state index is 13.0. The van der Waals surface area contributed by atoms with Gasteiger partial charge in [0.25, 0.3) is 5.19 Å². The van der Waals surface area contributed by atoms with Crippen LogP contribution in [0.5, 0.6) is 16.7 Å². The van der Waals surface area contributed by atoms with E-state index in [0.717, 1.165) is 17.8 Å². The van der Waals surface area contributed by atoms with Gasteiger partial charge in [-0.15, -0.1) is 0 Å². The summed E-state index contributed by atoms with van der Waals surface area (Å²) in [4.78, 5) is 29.7. The first-order valence-corrected chi connectivity index (χ1v) is 11.5. The second-order valence-corrected chi connectivity index (χ2v) is 8.56. The Labute approximate surface area is 204 Å². The Morgan fingerprint density at radius 3 is 2.74 bits per heavy atom. The fourth-order valence-electron chi connectivity index (χ4n) is 2.96. The van der Waals surface area contributed by atoms with Crippen LogP contribution in [0.15, 0.2) is 57.3 Å². The van der Waals surface area contributed by atoms with Gasteiger partial charge in [-0.25, -0.2) is 9.18 Å². The number of ketones is 1. The molecule has 0 radical (unpaired) electrons. The summed E-state index contributed by atoms with van der Waals surface area (Å²) in [6.07, 6.45) is 7.05. The Morgan fingerprint density at radius 2 is 2.06 bits per heavy atom. The van der Waals surface area contributed by atoms with E-state index in [9.17, 15) is 19.1 Å². The van der Waals surface area contributed by atoms with E-state index in [1.807, 2.05) is 12.2 Å². The number of halogens is 2. The molecule has 0 amide bonds. The van der Waals surface area contributed by atoms with Gasteiger partial charge in [0.1, 0.15) is 28.6 Å².